The third kappa shape index (κ3) is 3.21. The molecule has 1 N–H and O–H groups in total. The van der Waals surface area contributed by atoms with Crippen LogP contribution in [-0.4, -0.2) is 12.7 Å². The molecule has 3 aromatic rings. The molecule has 136 valence electrons. The molecule has 0 aliphatic heterocycles. The van der Waals surface area contributed by atoms with Crippen LogP contribution < -0.4 is 5.32 Å². The van der Waals surface area contributed by atoms with Crippen LogP contribution in [0.1, 0.15) is 33.7 Å². The summed E-state index contributed by atoms with van der Waals surface area (Å²) in [5, 5.41) is 2.89. The Morgan fingerprint density at radius 1 is 0.852 bits per heavy atom. The van der Waals surface area contributed by atoms with Crippen LogP contribution in [0.25, 0.3) is 11.1 Å². The van der Waals surface area contributed by atoms with E-state index in [1.807, 2.05) is 44.2 Å². The van der Waals surface area contributed by atoms with Crippen LogP contribution in [-0.2, 0) is 4.74 Å². The Morgan fingerprint density at radius 2 is 1.41 bits per heavy atom. The number of anilines is 1. The number of ether oxygens (including phenoxy) is 1. The second-order valence-corrected chi connectivity index (χ2v) is 7.20. The number of hydrogen-bond acceptors (Lipinski definition) is 2. The zero-order chi connectivity index (χ0) is 19.0. The monoisotopic (exact) mass is 357 g/mol. The highest BCUT2D eigenvalue weighted by Crippen LogP contribution is 2.44. The largest absolute Gasteiger partial charge is 0.448 e. The van der Waals surface area contributed by atoms with Gasteiger partial charge in [0.1, 0.15) is 6.61 Å². The van der Waals surface area contributed by atoms with E-state index in [1.54, 1.807) is 0 Å². The van der Waals surface area contributed by atoms with Crippen LogP contribution >= 0.6 is 0 Å². The van der Waals surface area contributed by atoms with Gasteiger partial charge in [-0.3, -0.25) is 5.32 Å². The van der Waals surface area contributed by atoms with Crippen LogP contribution in [0.5, 0.6) is 0 Å². The summed E-state index contributed by atoms with van der Waals surface area (Å²) in [7, 11) is 0. The van der Waals surface area contributed by atoms with Gasteiger partial charge in [0.2, 0.25) is 0 Å². The summed E-state index contributed by atoms with van der Waals surface area (Å²) in [5.74, 6) is 0.0731. The van der Waals surface area contributed by atoms with Gasteiger partial charge in [0, 0.05) is 11.6 Å². The van der Waals surface area contributed by atoms with Gasteiger partial charge >= 0.3 is 6.09 Å². The highest BCUT2D eigenvalue weighted by atomic mass is 16.5. The van der Waals surface area contributed by atoms with E-state index in [1.165, 1.54) is 27.8 Å². The zero-order valence-corrected chi connectivity index (χ0v) is 15.9. The maximum absolute atomic E-state index is 12.4. The molecule has 0 aromatic heterocycles. The highest BCUT2D eigenvalue weighted by Gasteiger charge is 2.29. The molecular weight excluding hydrogens is 334 g/mol. The molecule has 1 amide bonds. The van der Waals surface area contributed by atoms with Crippen molar-refractivity contribution in [2.24, 2.45) is 0 Å². The molecule has 4 rings (SSSR count). The van der Waals surface area contributed by atoms with Crippen molar-refractivity contribution in [3.63, 3.8) is 0 Å². The molecule has 0 unspecified atom stereocenters. The third-order valence-corrected chi connectivity index (χ3v) is 5.42. The third-order valence-electron chi connectivity index (χ3n) is 5.42. The molecule has 3 nitrogen and oxygen atoms in total. The van der Waals surface area contributed by atoms with E-state index in [4.69, 9.17) is 4.74 Å². The summed E-state index contributed by atoms with van der Waals surface area (Å²) in [6, 6.07) is 20.7. The summed E-state index contributed by atoms with van der Waals surface area (Å²) < 4.78 is 5.62. The van der Waals surface area contributed by atoms with E-state index in [9.17, 15) is 4.79 Å². The molecule has 0 saturated heterocycles. The SMILES string of the molecule is Cc1cc(C)c(NC(=O)OCC2c3ccccc3-c3ccccc32)cc1C. The smallest absolute Gasteiger partial charge is 0.411 e. The van der Waals surface area contributed by atoms with Crippen LogP contribution in [0.2, 0.25) is 0 Å². The fraction of sp³-hybridized carbons (Fsp3) is 0.208. The molecule has 0 fully saturated rings. The Labute approximate surface area is 160 Å². The fourth-order valence-corrected chi connectivity index (χ4v) is 3.84. The maximum Gasteiger partial charge on any atom is 0.411 e. The van der Waals surface area contributed by atoms with Gasteiger partial charge in [0.15, 0.2) is 0 Å². The predicted octanol–water partition coefficient (Wildman–Crippen LogP) is 5.97. The summed E-state index contributed by atoms with van der Waals surface area (Å²) in [5.41, 5.74) is 9.09. The lowest BCUT2D eigenvalue weighted by molar-refractivity contribution is 0.158. The van der Waals surface area contributed by atoms with E-state index >= 15 is 0 Å². The Hall–Kier alpha value is -3.07. The Balaban J connectivity index is 1.51. The number of rotatable bonds is 3. The standard InChI is InChI=1S/C24H23NO2/c1-15-12-17(3)23(13-16(15)2)25-24(26)27-14-22-20-10-6-4-8-18(20)19-9-5-7-11-21(19)22/h4-13,22H,14H2,1-3H3,(H,25,26). The molecule has 0 radical (unpaired) electrons. The summed E-state index contributed by atoms with van der Waals surface area (Å²) in [6.45, 7) is 6.42. The number of benzene rings is 3. The van der Waals surface area contributed by atoms with Gasteiger partial charge in [-0.2, -0.15) is 0 Å². The molecule has 3 aromatic carbocycles. The number of carbonyl (C=O) groups is 1. The van der Waals surface area contributed by atoms with Gasteiger partial charge in [-0.25, -0.2) is 4.79 Å². The summed E-state index contributed by atoms with van der Waals surface area (Å²) in [6.07, 6.45) is -0.414. The first-order valence-corrected chi connectivity index (χ1v) is 9.24. The van der Waals surface area contributed by atoms with Gasteiger partial charge in [0.25, 0.3) is 0 Å². The van der Waals surface area contributed by atoms with Crippen molar-refractivity contribution in [2.45, 2.75) is 26.7 Å². The quantitative estimate of drug-likeness (QED) is 0.627. The minimum absolute atomic E-state index is 0.0731. The Bertz CT molecular complexity index is 977. The minimum atomic E-state index is -0.414. The van der Waals surface area contributed by atoms with Gasteiger partial charge in [0.05, 0.1) is 0 Å². The fourth-order valence-electron chi connectivity index (χ4n) is 3.84. The Morgan fingerprint density at radius 3 is 2.04 bits per heavy atom. The number of amides is 1. The number of hydrogen-bond donors (Lipinski definition) is 1. The first-order chi connectivity index (χ1) is 13.0. The average Bonchev–Trinajstić information content (AvgIpc) is 2.98. The van der Waals surface area contributed by atoms with Crippen molar-refractivity contribution in [2.75, 3.05) is 11.9 Å². The van der Waals surface area contributed by atoms with Crippen molar-refractivity contribution in [3.05, 3.63) is 88.5 Å². The van der Waals surface area contributed by atoms with E-state index in [0.29, 0.717) is 6.61 Å². The second kappa shape index (κ2) is 6.92. The molecule has 0 spiro atoms. The first kappa shape index (κ1) is 17.3. The maximum atomic E-state index is 12.4. The lowest BCUT2D eigenvalue weighted by Gasteiger charge is -2.16. The van der Waals surface area contributed by atoms with Gasteiger partial charge in [-0.1, -0.05) is 54.6 Å². The lowest BCUT2D eigenvalue weighted by atomic mass is 9.98. The Kier molecular flexibility index (Phi) is 4.44. The van der Waals surface area contributed by atoms with E-state index in [-0.39, 0.29) is 5.92 Å². The van der Waals surface area contributed by atoms with Crippen LogP contribution in [0.3, 0.4) is 0 Å². The molecule has 27 heavy (non-hydrogen) atoms. The zero-order valence-electron chi connectivity index (χ0n) is 15.9. The van der Waals surface area contributed by atoms with Crippen molar-refractivity contribution in [1.29, 1.82) is 0 Å². The second-order valence-electron chi connectivity index (χ2n) is 7.20. The molecular formula is C24H23NO2. The summed E-state index contributed by atoms with van der Waals surface area (Å²) in [4.78, 5) is 12.4. The number of fused-ring (bicyclic) bond motifs is 3. The van der Waals surface area contributed by atoms with Crippen molar-refractivity contribution >= 4 is 11.8 Å². The predicted molar refractivity (Wildman–Crippen MR) is 109 cm³/mol. The highest BCUT2D eigenvalue weighted by molar-refractivity contribution is 5.86. The van der Waals surface area contributed by atoms with Gasteiger partial charge in [-0.05, 0) is 65.8 Å². The van der Waals surface area contributed by atoms with Crippen LogP contribution in [0.4, 0.5) is 10.5 Å². The van der Waals surface area contributed by atoms with E-state index < -0.39 is 6.09 Å². The van der Waals surface area contributed by atoms with Crippen molar-refractivity contribution in [1.82, 2.24) is 0 Å². The molecule has 0 bridgehead atoms. The van der Waals surface area contributed by atoms with Crippen molar-refractivity contribution in [3.8, 4) is 11.1 Å². The topological polar surface area (TPSA) is 38.3 Å². The van der Waals surface area contributed by atoms with Crippen LogP contribution in [0.15, 0.2) is 60.7 Å². The number of nitrogens with one attached hydrogen (secondary N) is 1. The summed E-state index contributed by atoms with van der Waals surface area (Å²) >= 11 is 0. The van der Waals surface area contributed by atoms with Crippen LogP contribution in [0, 0.1) is 20.8 Å². The average molecular weight is 357 g/mol. The molecule has 0 heterocycles. The number of carbonyl (C=O) groups excluding carboxylic acids is 1. The molecule has 1 aliphatic rings. The van der Waals surface area contributed by atoms with Crippen molar-refractivity contribution < 1.29 is 9.53 Å². The molecule has 0 atom stereocenters. The molecule has 1 aliphatic carbocycles. The van der Waals surface area contributed by atoms with Gasteiger partial charge in [-0.15, -0.1) is 0 Å². The molecule has 0 saturated carbocycles. The van der Waals surface area contributed by atoms with E-state index in [2.05, 4.69) is 42.6 Å². The minimum Gasteiger partial charge on any atom is -0.448 e. The lowest BCUT2D eigenvalue weighted by Crippen LogP contribution is -2.18. The molecule has 3 heteroatoms. The van der Waals surface area contributed by atoms with E-state index in [0.717, 1.165) is 16.8 Å². The van der Waals surface area contributed by atoms with Gasteiger partial charge < -0.3 is 4.74 Å². The number of aryl methyl sites for hydroxylation is 3. The first-order valence-electron chi connectivity index (χ1n) is 9.24. The normalized spacial score (nSPS) is 12.4.